The van der Waals surface area contributed by atoms with Crippen molar-refractivity contribution in [3.8, 4) is 0 Å². The van der Waals surface area contributed by atoms with Gasteiger partial charge < -0.3 is 5.32 Å². The number of carbonyl (C=O) groups is 1. The molecule has 2 aliphatic rings. The highest BCUT2D eigenvalue weighted by molar-refractivity contribution is 5.75. The minimum atomic E-state index is 0.0418. The zero-order valence-electron chi connectivity index (χ0n) is 11.7. The Bertz CT molecular complexity index is 470. The maximum atomic E-state index is 12.0. The van der Waals surface area contributed by atoms with Crippen molar-refractivity contribution in [1.82, 2.24) is 20.3 Å². The molecule has 0 unspecified atom stereocenters. The van der Waals surface area contributed by atoms with Crippen LogP contribution in [0.15, 0.2) is 6.20 Å². The molecule has 19 heavy (non-hydrogen) atoms. The molecule has 2 saturated carbocycles. The molecule has 0 saturated heterocycles. The molecular formula is C14H22N4O. The number of rotatable bonds is 4. The molecule has 104 valence electrons. The van der Waals surface area contributed by atoms with Crippen molar-refractivity contribution in [3.63, 3.8) is 0 Å². The van der Waals surface area contributed by atoms with Gasteiger partial charge in [-0.1, -0.05) is 11.6 Å². The van der Waals surface area contributed by atoms with Crippen molar-refractivity contribution in [2.45, 2.75) is 52.1 Å². The van der Waals surface area contributed by atoms with Gasteiger partial charge in [0, 0.05) is 12.2 Å². The number of fused-ring (bicyclic) bond motifs is 2. The fraction of sp³-hybridized carbons (Fsp3) is 0.786. The van der Waals surface area contributed by atoms with Crippen molar-refractivity contribution in [2.75, 3.05) is 0 Å². The van der Waals surface area contributed by atoms with Crippen molar-refractivity contribution < 1.29 is 4.79 Å². The second kappa shape index (κ2) is 4.94. The number of aromatic nitrogens is 3. The summed E-state index contributed by atoms with van der Waals surface area (Å²) in [5.74, 6) is 2.49. The van der Waals surface area contributed by atoms with E-state index < -0.39 is 0 Å². The van der Waals surface area contributed by atoms with Crippen LogP contribution in [-0.2, 0) is 11.3 Å². The lowest BCUT2D eigenvalue weighted by molar-refractivity contribution is -0.123. The van der Waals surface area contributed by atoms with E-state index in [-0.39, 0.29) is 18.5 Å². The average Bonchev–Trinajstić information content (AvgIpc) is 3.05. The molecule has 2 fully saturated rings. The lowest BCUT2D eigenvalue weighted by Gasteiger charge is -2.28. The molecule has 4 atom stereocenters. The SMILES string of the molecule is Cc1cn(CC(=O)N[C@H](C)[C@H]2C[C@@H]3CC[C@@H]2C3)nn1. The number of nitrogens with one attached hydrogen (secondary N) is 1. The van der Waals surface area contributed by atoms with E-state index in [2.05, 4.69) is 22.6 Å². The third-order valence-corrected chi connectivity index (χ3v) is 4.78. The standard InChI is InChI=1S/C14H22N4O/c1-9-7-18(17-16-9)8-14(19)15-10(2)13-6-11-3-4-12(13)5-11/h7,10-13H,3-6,8H2,1-2H3,(H,15,19)/t10-,11-,12-,13-/m1/s1. The first kappa shape index (κ1) is 12.6. The summed E-state index contributed by atoms with van der Waals surface area (Å²) in [6.45, 7) is 4.29. The summed E-state index contributed by atoms with van der Waals surface area (Å²) in [6, 6.07) is 0.285. The molecule has 5 heteroatoms. The van der Waals surface area contributed by atoms with E-state index in [0.29, 0.717) is 5.92 Å². The monoisotopic (exact) mass is 262 g/mol. The topological polar surface area (TPSA) is 59.8 Å². The summed E-state index contributed by atoms with van der Waals surface area (Å²) >= 11 is 0. The second-order valence-electron chi connectivity index (χ2n) is 6.25. The van der Waals surface area contributed by atoms with Gasteiger partial charge in [-0.05, 0) is 50.9 Å². The third-order valence-electron chi connectivity index (χ3n) is 4.78. The number of aryl methyl sites for hydroxylation is 1. The highest BCUT2D eigenvalue weighted by Crippen LogP contribution is 2.49. The third kappa shape index (κ3) is 2.65. The van der Waals surface area contributed by atoms with Crippen molar-refractivity contribution in [2.24, 2.45) is 17.8 Å². The Labute approximate surface area is 113 Å². The van der Waals surface area contributed by atoms with Crippen LogP contribution >= 0.6 is 0 Å². The van der Waals surface area contributed by atoms with Gasteiger partial charge in [-0.25, -0.2) is 4.68 Å². The average molecular weight is 262 g/mol. The van der Waals surface area contributed by atoms with Crippen molar-refractivity contribution in [3.05, 3.63) is 11.9 Å². The van der Waals surface area contributed by atoms with Crippen LogP contribution in [0.2, 0.25) is 0 Å². The molecule has 1 N–H and O–H groups in total. The first-order valence-electron chi connectivity index (χ1n) is 7.28. The fourth-order valence-electron chi connectivity index (χ4n) is 3.93. The molecule has 1 heterocycles. The summed E-state index contributed by atoms with van der Waals surface area (Å²) in [4.78, 5) is 12.0. The Morgan fingerprint density at radius 3 is 2.95 bits per heavy atom. The molecule has 5 nitrogen and oxygen atoms in total. The predicted octanol–water partition coefficient (Wildman–Crippen LogP) is 1.53. The van der Waals surface area contributed by atoms with E-state index in [0.717, 1.165) is 17.5 Å². The van der Waals surface area contributed by atoms with Crippen LogP contribution in [0.25, 0.3) is 0 Å². The van der Waals surface area contributed by atoms with Gasteiger partial charge in [-0.15, -0.1) is 5.10 Å². The van der Waals surface area contributed by atoms with Crippen molar-refractivity contribution >= 4 is 5.91 Å². The highest BCUT2D eigenvalue weighted by Gasteiger charge is 2.42. The Balaban J connectivity index is 1.52. The highest BCUT2D eigenvalue weighted by atomic mass is 16.2. The number of nitrogens with zero attached hydrogens (tertiary/aromatic N) is 3. The fourth-order valence-corrected chi connectivity index (χ4v) is 3.93. The van der Waals surface area contributed by atoms with E-state index in [1.165, 1.54) is 25.7 Å². The molecule has 1 aromatic rings. The number of hydrogen-bond donors (Lipinski definition) is 1. The summed E-state index contributed by atoms with van der Waals surface area (Å²) in [5, 5.41) is 10.9. The Hall–Kier alpha value is -1.39. The Kier molecular flexibility index (Phi) is 3.29. The van der Waals surface area contributed by atoms with Crippen LogP contribution < -0.4 is 5.32 Å². The van der Waals surface area contributed by atoms with Gasteiger partial charge in [0.25, 0.3) is 0 Å². The van der Waals surface area contributed by atoms with Crippen LogP contribution in [0.4, 0.5) is 0 Å². The first-order valence-corrected chi connectivity index (χ1v) is 7.28. The number of amides is 1. The van der Waals surface area contributed by atoms with E-state index >= 15 is 0 Å². The second-order valence-corrected chi connectivity index (χ2v) is 6.25. The summed E-state index contributed by atoms with van der Waals surface area (Å²) in [5.41, 5.74) is 0.842. The largest absolute Gasteiger partial charge is 0.352 e. The molecular weight excluding hydrogens is 240 g/mol. The van der Waals surface area contributed by atoms with E-state index in [1.54, 1.807) is 10.9 Å². The quantitative estimate of drug-likeness (QED) is 0.895. The summed E-state index contributed by atoms with van der Waals surface area (Å²) in [7, 11) is 0. The smallest absolute Gasteiger partial charge is 0.242 e. The molecule has 0 spiro atoms. The molecule has 0 aromatic carbocycles. The zero-order chi connectivity index (χ0) is 13.4. The normalized spacial score (nSPS) is 30.5. The molecule has 0 aliphatic heterocycles. The lowest BCUT2D eigenvalue weighted by atomic mass is 9.84. The van der Waals surface area contributed by atoms with Gasteiger partial charge in [-0.2, -0.15) is 0 Å². The minimum absolute atomic E-state index is 0.0418. The molecule has 3 rings (SSSR count). The van der Waals surface area contributed by atoms with Gasteiger partial charge in [0.1, 0.15) is 6.54 Å². The van der Waals surface area contributed by atoms with Gasteiger partial charge in [-0.3, -0.25) is 4.79 Å². The maximum absolute atomic E-state index is 12.0. The predicted molar refractivity (Wildman–Crippen MR) is 71.3 cm³/mol. The molecule has 1 aromatic heterocycles. The molecule has 1 amide bonds. The van der Waals surface area contributed by atoms with Crippen LogP contribution in [0.1, 0.15) is 38.3 Å². The van der Waals surface area contributed by atoms with Gasteiger partial charge in [0.05, 0.1) is 5.69 Å². The van der Waals surface area contributed by atoms with Gasteiger partial charge >= 0.3 is 0 Å². The van der Waals surface area contributed by atoms with Crippen LogP contribution in [0.3, 0.4) is 0 Å². The molecule has 0 radical (unpaired) electrons. The first-order chi connectivity index (χ1) is 9.11. The maximum Gasteiger partial charge on any atom is 0.242 e. The molecule has 2 bridgehead atoms. The minimum Gasteiger partial charge on any atom is -0.352 e. The van der Waals surface area contributed by atoms with Crippen molar-refractivity contribution in [1.29, 1.82) is 0 Å². The van der Waals surface area contributed by atoms with Crippen LogP contribution in [0.5, 0.6) is 0 Å². The van der Waals surface area contributed by atoms with Crippen LogP contribution in [-0.4, -0.2) is 26.9 Å². The van der Waals surface area contributed by atoms with E-state index in [4.69, 9.17) is 0 Å². The van der Waals surface area contributed by atoms with Gasteiger partial charge in [0.15, 0.2) is 0 Å². The summed E-state index contributed by atoms with van der Waals surface area (Å²) < 4.78 is 1.60. The Morgan fingerprint density at radius 2 is 2.37 bits per heavy atom. The van der Waals surface area contributed by atoms with Gasteiger partial charge in [0.2, 0.25) is 5.91 Å². The molecule has 2 aliphatic carbocycles. The van der Waals surface area contributed by atoms with E-state index in [9.17, 15) is 4.79 Å². The zero-order valence-corrected chi connectivity index (χ0v) is 11.7. The lowest BCUT2D eigenvalue weighted by Crippen LogP contribution is -2.41. The van der Waals surface area contributed by atoms with E-state index in [1.807, 2.05) is 6.92 Å². The summed E-state index contributed by atoms with van der Waals surface area (Å²) in [6.07, 6.45) is 7.24. The number of hydrogen-bond acceptors (Lipinski definition) is 3. The Morgan fingerprint density at radius 1 is 1.53 bits per heavy atom. The van der Waals surface area contributed by atoms with Crippen LogP contribution in [0, 0.1) is 24.7 Å². The number of carbonyl (C=O) groups excluding carboxylic acids is 1.